The summed E-state index contributed by atoms with van der Waals surface area (Å²) in [6, 6.07) is 14.4. The molecule has 0 spiro atoms. The molecule has 0 atom stereocenters. The number of nitrogens with zero attached hydrogens (tertiary/aromatic N) is 2. The number of rotatable bonds is 9. The molecule has 9 heteroatoms. The second-order valence-corrected chi connectivity index (χ2v) is 10.9. The number of carbonyl (C=O) groups is 2. The Balaban J connectivity index is 1.43. The van der Waals surface area contributed by atoms with Gasteiger partial charge >= 0.3 is 0 Å². The van der Waals surface area contributed by atoms with Gasteiger partial charge < -0.3 is 29.2 Å². The maximum absolute atomic E-state index is 13.8. The first-order valence-electron chi connectivity index (χ1n) is 14.8. The molecule has 0 bridgehead atoms. The molecule has 3 aromatic rings. The molecule has 1 saturated carbocycles. The number of nitrogens with one attached hydrogen (secondary N) is 1. The van der Waals surface area contributed by atoms with Crippen LogP contribution in [0.15, 0.2) is 65.9 Å². The summed E-state index contributed by atoms with van der Waals surface area (Å²) in [6.07, 6.45) is 9.63. The van der Waals surface area contributed by atoms with Crippen LogP contribution in [0.1, 0.15) is 53.6 Å². The molecule has 2 aromatic carbocycles. The Bertz CT molecular complexity index is 1480. The minimum absolute atomic E-state index is 0.0763. The number of piperidine rings is 1. The molecule has 2 aliphatic rings. The molecule has 1 aliphatic carbocycles. The van der Waals surface area contributed by atoms with E-state index in [0.29, 0.717) is 52.5 Å². The van der Waals surface area contributed by atoms with Crippen LogP contribution in [0.3, 0.4) is 0 Å². The van der Waals surface area contributed by atoms with Gasteiger partial charge in [0, 0.05) is 36.5 Å². The summed E-state index contributed by atoms with van der Waals surface area (Å²) < 4.78 is 21.7. The SMILES string of the molecule is COc1ccc(/C=C2\CC(NC(=O)c3ccc(N4CCCCC4)nc3)C/C(=C\c3ccc(OC)c(OC)c3)C2=O)cc1OC. The average molecular weight is 598 g/mol. The average Bonchev–Trinajstić information content (AvgIpc) is 3.07. The van der Waals surface area contributed by atoms with Gasteiger partial charge in [0.2, 0.25) is 0 Å². The smallest absolute Gasteiger partial charge is 0.253 e. The highest BCUT2D eigenvalue weighted by Crippen LogP contribution is 2.34. The molecule has 9 nitrogen and oxygen atoms in total. The fourth-order valence-corrected chi connectivity index (χ4v) is 5.73. The summed E-state index contributed by atoms with van der Waals surface area (Å²) in [4.78, 5) is 34.0. The topological polar surface area (TPSA) is 99.2 Å². The Hall–Kier alpha value is -4.79. The van der Waals surface area contributed by atoms with E-state index in [1.165, 1.54) is 6.42 Å². The van der Waals surface area contributed by atoms with E-state index in [1.54, 1.807) is 46.8 Å². The highest BCUT2D eigenvalue weighted by Gasteiger charge is 2.29. The monoisotopic (exact) mass is 597 g/mol. The maximum atomic E-state index is 13.8. The third-order valence-electron chi connectivity index (χ3n) is 8.04. The minimum atomic E-state index is -0.306. The van der Waals surface area contributed by atoms with Gasteiger partial charge in [-0.2, -0.15) is 0 Å². The number of hydrogen-bond donors (Lipinski definition) is 1. The third kappa shape index (κ3) is 7.05. The number of carbonyl (C=O) groups excluding carboxylic acids is 2. The van der Waals surface area contributed by atoms with Crippen LogP contribution in [0.2, 0.25) is 0 Å². The molecule has 1 aliphatic heterocycles. The predicted molar refractivity (Wildman–Crippen MR) is 171 cm³/mol. The number of anilines is 1. The van der Waals surface area contributed by atoms with E-state index >= 15 is 0 Å². The van der Waals surface area contributed by atoms with Crippen molar-refractivity contribution in [1.82, 2.24) is 10.3 Å². The zero-order chi connectivity index (χ0) is 31.1. The molecule has 1 aromatic heterocycles. The Morgan fingerprint density at radius 2 is 1.32 bits per heavy atom. The first kappa shape index (κ1) is 30.7. The minimum Gasteiger partial charge on any atom is -0.493 e. The highest BCUT2D eigenvalue weighted by atomic mass is 16.5. The second kappa shape index (κ2) is 14.1. The first-order chi connectivity index (χ1) is 21.4. The van der Waals surface area contributed by atoms with Crippen LogP contribution in [0.4, 0.5) is 5.82 Å². The van der Waals surface area contributed by atoms with Crippen molar-refractivity contribution in [1.29, 1.82) is 0 Å². The van der Waals surface area contributed by atoms with Crippen LogP contribution in [-0.4, -0.2) is 64.2 Å². The van der Waals surface area contributed by atoms with E-state index in [9.17, 15) is 9.59 Å². The number of ketones is 1. The lowest BCUT2D eigenvalue weighted by molar-refractivity contribution is -0.113. The Morgan fingerprint density at radius 1 is 0.773 bits per heavy atom. The third-order valence-corrected chi connectivity index (χ3v) is 8.04. The summed E-state index contributed by atoms with van der Waals surface area (Å²) in [5, 5.41) is 3.15. The molecule has 1 N–H and O–H groups in total. The Morgan fingerprint density at radius 3 is 1.80 bits per heavy atom. The lowest BCUT2D eigenvalue weighted by Gasteiger charge is -2.28. The fraction of sp³-hybridized carbons (Fsp3) is 0.343. The normalized spacial score (nSPS) is 18.7. The van der Waals surface area contributed by atoms with Crippen molar-refractivity contribution in [2.45, 2.75) is 38.1 Å². The van der Waals surface area contributed by atoms with Crippen molar-refractivity contribution < 1.29 is 28.5 Å². The summed E-state index contributed by atoms with van der Waals surface area (Å²) in [5.74, 6) is 2.93. The van der Waals surface area contributed by atoms with Crippen molar-refractivity contribution >= 4 is 29.7 Å². The van der Waals surface area contributed by atoms with Gasteiger partial charge in [-0.3, -0.25) is 9.59 Å². The standard InChI is InChI=1S/C35H39N3O6/c1-41-29-11-8-23(18-31(29)43-3)16-26-20-28(21-27(34(26)39)17-24-9-12-30(42-2)32(19-24)44-4)37-35(40)25-10-13-33(36-22-25)38-14-6-5-7-15-38/h8-13,16-19,22,28H,5-7,14-15,20-21H2,1-4H3,(H,37,40)/b26-16+,27-17+. The molecule has 2 fully saturated rings. The number of ether oxygens (including phenoxy) is 4. The number of pyridine rings is 1. The molecule has 1 amide bonds. The van der Waals surface area contributed by atoms with Gasteiger partial charge in [-0.05, 0) is 91.8 Å². The largest absolute Gasteiger partial charge is 0.493 e. The summed E-state index contributed by atoms with van der Waals surface area (Å²) in [5.41, 5.74) is 3.23. The van der Waals surface area contributed by atoms with Gasteiger partial charge in [-0.1, -0.05) is 12.1 Å². The molecule has 1 saturated heterocycles. The van der Waals surface area contributed by atoms with E-state index < -0.39 is 0 Å². The Labute approximate surface area is 258 Å². The van der Waals surface area contributed by atoms with Crippen LogP contribution in [0.5, 0.6) is 23.0 Å². The zero-order valence-electron chi connectivity index (χ0n) is 25.7. The highest BCUT2D eigenvalue weighted by molar-refractivity contribution is 6.14. The van der Waals surface area contributed by atoms with Gasteiger partial charge in [0.25, 0.3) is 5.91 Å². The van der Waals surface area contributed by atoms with Crippen molar-refractivity contribution in [2.24, 2.45) is 0 Å². The number of methoxy groups -OCH3 is 4. The molecular formula is C35H39N3O6. The molecular weight excluding hydrogens is 558 g/mol. The number of hydrogen-bond acceptors (Lipinski definition) is 8. The van der Waals surface area contributed by atoms with E-state index in [1.807, 2.05) is 48.6 Å². The molecule has 44 heavy (non-hydrogen) atoms. The predicted octanol–water partition coefficient (Wildman–Crippen LogP) is 5.73. The Kier molecular flexibility index (Phi) is 9.84. The maximum Gasteiger partial charge on any atom is 0.253 e. The van der Waals surface area contributed by atoms with Gasteiger partial charge in [0.15, 0.2) is 28.8 Å². The van der Waals surface area contributed by atoms with E-state index in [0.717, 1.165) is 42.9 Å². The number of aromatic nitrogens is 1. The van der Waals surface area contributed by atoms with E-state index in [4.69, 9.17) is 18.9 Å². The molecule has 5 rings (SSSR count). The lowest BCUT2D eigenvalue weighted by atomic mass is 9.83. The van der Waals surface area contributed by atoms with Crippen LogP contribution in [0.25, 0.3) is 12.2 Å². The molecule has 0 radical (unpaired) electrons. The van der Waals surface area contributed by atoms with Crippen LogP contribution < -0.4 is 29.2 Å². The van der Waals surface area contributed by atoms with E-state index in [-0.39, 0.29) is 17.7 Å². The summed E-state index contributed by atoms with van der Waals surface area (Å²) in [7, 11) is 6.31. The van der Waals surface area contributed by atoms with E-state index in [2.05, 4.69) is 15.2 Å². The number of benzene rings is 2. The summed E-state index contributed by atoms with van der Waals surface area (Å²) in [6.45, 7) is 1.97. The van der Waals surface area contributed by atoms with Crippen molar-refractivity contribution in [2.75, 3.05) is 46.4 Å². The van der Waals surface area contributed by atoms with Crippen molar-refractivity contribution in [3.8, 4) is 23.0 Å². The van der Waals surface area contributed by atoms with Crippen molar-refractivity contribution in [3.05, 3.63) is 82.6 Å². The molecule has 0 unspecified atom stereocenters. The first-order valence-corrected chi connectivity index (χ1v) is 14.8. The second-order valence-electron chi connectivity index (χ2n) is 10.9. The number of amides is 1. The van der Waals surface area contributed by atoms with Crippen LogP contribution in [0, 0.1) is 0 Å². The van der Waals surface area contributed by atoms with Gasteiger partial charge in [0.1, 0.15) is 5.82 Å². The number of Topliss-reactive ketones (excluding diaryl/α,β-unsaturated/α-hetero) is 1. The molecule has 2 heterocycles. The lowest BCUT2D eigenvalue weighted by Crippen LogP contribution is -2.39. The molecule has 230 valence electrons. The summed E-state index contributed by atoms with van der Waals surface area (Å²) >= 11 is 0. The van der Waals surface area contributed by atoms with Crippen LogP contribution in [-0.2, 0) is 4.79 Å². The van der Waals surface area contributed by atoms with Gasteiger partial charge in [0.05, 0.1) is 34.0 Å². The van der Waals surface area contributed by atoms with Gasteiger partial charge in [-0.25, -0.2) is 4.98 Å². The fourth-order valence-electron chi connectivity index (χ4n) is 5.73. The van der Waals surface area contributed by atoms with Crippen LogP contribution >= 0.6 is 0 Å². The quantitative estimate of drug-likeness (QED) is 0.312. The van der Waals surface area contributed by atoms with Gasteiger partial charge in [-0.15, -0.1) is 0 Å². The van der Waals surface area contributed by atoms with Crippen molar-refractivity contribution in [3.63, 3.8) is 0 Å². The zero-order valence-corrected chi connectivity index (χ0v) is 25.7.